The number of carboxylic acid groups (broad SMARTS) is 1. The van der Waals surface area contributed by atoms with Gasteiger partial charge in [-0.3, -0.25) is 4.99 Å². The minimum Gasteiger partial charge on any atom is -0.497 e. The molecule has 0 aliphatic carbocycles. The fourth-order valence-electron chi connectivity index (χ4n) is 1.44. The molecule has 1 unspecified atom stereocenters. The topological polar surface area (TPSA) is 58.9 Å². The number of hydrogen-bond donors (Lipinski definition) is 1. The molecule has 0 radical (unpaired) electrons. The quantitative estimate of drug-likeness (QED) is 0.930. The number of methoxy groups -OCH3 is 1. The smallest absolute Gasteiger partial charge is 0.329 e. The predicted octanol–water partition coefficient (Wildman–Crippen LogP) is 2.40. The van der Waals surface area contributed by atoms with Crippen molar-refractivity contribution in [2.45, 2.75) is 6.04 Å². The summed E-state index contributed by atoms with van der Waals surface area (Å²) in [5.74, 6) is 0.361. The summed E-state index contributed by atoms with van der Waals surface area (Å²) < 4.78 is 5.96. The lowest BCUT2D eigenvalue weighted by Crippen LogP contribution is -2.17. The zero-order valence-corrected chi connectivity index (χ0v) is 11.4. The van der Waals surface area contributed by atoms with Crippen molar-refractivity contribution >= 4 is 38.7 Å². The first-order valence-corrected chi connectivity index (χ1v) is 6.67. The second kappa shape index (κ2) is 5.10. The third-order valence-corrected chi connectivity index (χ3v) is 4.08. The number of carboxylic acids is 1. The summed E-state index contributed by atoms with van der Waals surface area (Å²) in [5.41, 5.74) is 0.902. The average Bonchev–Trinajstić information content (AvgIpc) is 2.78. The number of rotatable bonds is 3. The highest BCUT2D eigenvalue weighted by Crippen LogP contribution is 2.30. The molecule has 90 valence electrons. The van der Waals surface area contributed by atoms with Gasteiger partial charge in [-0.1, -0.05) is 0 Å². The number of nitrogens with zero attached hydrogens (tertiary/aromatic N) is 1. The van der Waals surface area contributed by atoms with Crippen LogP contribution in [-0.2, 0) is 4.79 Å². The number of carbonyl (C=O) groups is 1. The SMILES string of the molecule is COc1ccc(C2=NC(C(=O)O)CS2)c(Br)c1. The molecule has 1 aromatic carbocycles. The Morgan fingerprint density at radius 3 is 2.94 bits per heavy atom. The van der Waals surface area contributed by atoms with Gasteiger partial charge in [-0.15, -0.1) is 11.8 Å². The molecule has 0 bridgehead atoms. The fraction of sp³-hybridized carbons (Fsp3) is 0.273. The minimum absolute atomic E-state index is 0.489. The summed E-state index contributed by atoms with van der Waals surface area (Å²) in [4.78, 5) is 15.0. The summed E-state index contributed by atoms with van der Waals surface area (Å²) >= 11 is 4.89. The summed E-state index contributed by atoms with van der Waals surface area (Å²) in [6, 6.07) is 4.91. The van der Waals surface area contributed by atoms with Crippen LogP contribution in [0.15, 0.2) is 27.7 Å². The number of halogens is 1. The van der Waals surface area contributed by atoms with E-state index in [0.29, 0.717) is 5.75 Å². The number of aliphatic carboxylic acids is 1. The number of benzene rings is 1. The molecule has 2 rings (SSSR count). The van der Waals surface area contributed by atoms with Gasteiger partial charge in [-0.2, -0.15) is 0 Å². The van der Waals surface area contributed by atoms with Crippen LogP contribution in [0.25, 0.3) is 0 Å². The highest BCUT2D eigenvalue weighted by atomic mass is 79.9. The normalized spacial score (nSPS) is 18.9. The monoisotopic (exact) mass is 315 g/mol. The summed E-state index contributed by atoms with van der Waals surface area (Å²) in [5, 5.41) is 9.63. The maximum atomic E-state index is 10.8. The zero-order chi connectivity index (χ0) is 12.4. The Hall–Kier alpha value is -1.01. The lowest BCUT2D eigenvalue weighted by Gasteiger charge is -2.05. The van der Waals surface area contributed by atoms with E-state index in [4.69, 9.17) is 9.84 Å². The number of aliphatic imine (C=N–C) groups is 1. The van der Waals surface area contributed by atoms with E-state index >= 15 is 0 Å². The molecule has 1 atom stereocenters. The highest BCUT2D eigenvalue weighted by Gasteiger charge is 2.26. The third-order valence-electron chi connectivity index (χ3n) is 2.34. The van der Waals surface area contributed by atoms with E-state index in [1.165, 1.54) is 11.8 Å². The Balaban J connectivity index is 2.30. The van der Waals surface area contributed by atoms with Crippen LogP contribution in [0.5, 0.6) is 5.75 Å². The molecule has 0 amide bonds. The van der Waals surface area contributed by atoms with Crippen molar-refractivity contribution in [3.8, 4) is 5.75 Å². The van der Waals surface area contributed by atoms with Crippen LogP contribution in [0.4, 0.5) is 0 Å². The maximum absolute atomic E-state index is 10.8. The molecule has 0 aromatic heterocycles. The predicted molar refractivity (Wildman–Crippen MR) is 71.1 cm³/mol. The van der Waals surface area contributed by atoms with Crippen molar-refractivity contribution in [2.24, 2.45) is 4.99 Å². The van der Waals surface area contributed by atoms with Gasteiger partial charge in [0.1, 0.15) is 5.75 Å². The Morgan fingerprint density at radius 2 is 2.41 bits per heavy atom. The van der Waals surface area contributed by atoms with Crippen LogP contribution >= 0.6 is 27.7 Å². The molecule has 17 heavy (non-hydrogen) atoms. The average molecular weight is 316 g/mol. The van der Waals surface area contributed by atoms with Gasteiger partial charge in [-0.05, 0) is 34.1 Å². The van der Waals surface area contributed by atoms with Crippen molar-refractivity contribution in [1.29, 1.82) is 0 Å². The molecule has 0 fully saturated rings. The van der Waals surface area contributed by atoms with Crippen LogP contribution in [0.2, 0.25) is 0 Å². The standard InChI is InChI=1S/C11H10BrNO3S/c1-16-6-2-3-7(8(12)4-6)10-13-9(5-17-10)11(14)15/h2-4,9H,5H2,1H3,(H,14,15). The molecule has 0 saturated heterocycles. The second-order valence-corrected chi connectivity index (χ2v) is 5.31. The first-order valence-electron chi connectivity index (χ1n) is 4.89. The number of thioether (sulfide) groups is 1. The highest BCUT2D eigenvalue weighted by molar-refractivity contribution is 9.10. The van der Waals surface area contributed by atoms with Gasteiger partial charge >= 0.3 is 5.97 Å². The lowest BCUT2D eigenvalue weighted by atomic mass is 10.2. The molecule has 0 spiro atoms. The van der Waals surface area contributed by atoms with E-state index in [1.54, 1.807) is 7.11 Å². The molecule has 4 nitrogen and oxygen atoms in total. The van der Waals surface area contributed by atoms with Crippen LogP contribution in [0, 0.1) is 0 Å². The number of hydrogen-bond acceptors (Lipinski definition) is 4. The van der Waals surface area contributed by atoms with Gasteiger partial charge in [0, 0.05) is 15.8 Å². The first kappa shape index (κ1) is 12.4. The Bertz CT molecular complexity index is 490. The molecule has 1 aliphatic rings. The van der Waals surface area contributed by atoms with E-state index in [0.717, 1.165) is 20.8 Å². The number of ether oxygens (including phenoxy) is 1. The Morgan fingerprint density at radius 1 is 1.65 bits per heavy atom. The van der Waals surface area contributed by atoms with Gasteiger partial charge in [0.05, 0.1) is 12.2 Å². The van der Waals surface area contributed by atoms with Gasteiger partial charge in [0.25, 0.3) is 0 Å². The van der Waals surface area contributed by atoms with Crippen molar-refractivity contribution < 1.29 is 14.6 Å². The van der Waals surface area contributed by atoms with Gasteiger partial charge in [0.2, 0.25) is 0 Å². The summed E-state index contributed by atoms with van der Waals surface area (Å²) in [7, 11) is 1.60. The van der Waals surface area contributed by atoms with Crippen LogP contribution in [-0.4, -0.2) is 35.0 Å². The Kier molecular flexibility index (Phi) is 3.73. The van der Waals surface area contributed by atoms with E-state index < -0.39 is 12.0 Å². The molecule has 1 N–H and O–H groups in total. The van der Waals surface area contributed by atoms with E-state index in [2.05, 4.69) is 20.9 Å². The van der Waals surface area contributed by atoms with Crippen LogP contribution in [0.3, 0.4) is 0 Å². The molecule has 1 aliphatic heterocycles. The Labute approximate surface area is 111 Å². The van der Waals surface area contributed by atoms with Crippen LogP contribution in [0.1, 0.15) is 5.56 Å². The van der Waals surface area contributed by atoms with Crippen molar-refractivity contribution in [1.82, 2.24) is 0 Å². The zero-order valence-electron chi connectivity index (χ0n) is 9.01. The van der Waals surface area contributed by atoms with E-state index in [-0.39, 0.29) is 0 Å². The summed E-state index contributed by atoms with van der Waals surface area (Å²) in [6.07, 6.45) is 0. The van der Waals surface area contributed by atoms with E-state index in [1.807, 2.05) is 18.2 Å². The van der Waals surface area contributed by atoms with Gasteiger partial charge in [0.15, 0.2) is 6.04 Å². The molecule has 1 heterocycles. The first-order chi connectivity index (χ1) is 8.11. The van der Waals surface area contributed by atoms with Crippen molar-refractivity contribution in [3.05, 3.63) is 28.2 Å². The molecule has 1 aromatic rings. The molecular formula is C11H10BrNO3S. The lowest BCUT2D eigenvalue weighted by molar-refractivity contribution is -0.137. The van der Waals surface area contributed by atoms with Crippen molar-refractivity contribution in [3.63, 3.8) is 0 Å². The molecule has 0 saturated carbocycles. The third kappa shape index (κ3) is 2.63. The van der Waals surface area contributed by atoms with Crippen molar-refractivity contribution in [2.75, 3.05) is 12.9 Å². The fourth-order valence-corrected chi connectivity index (χ4v) is 3.19. The second-order valence-electron chi connectivity index (χ2n) is 3.45. The summed E-state index contributed by atoms with van der Waals surface area (Å²) in [6.45, 7) is 0. The molecular weight excluding hydrogens is 306 g/mol. The maximum Gasteiger partial charge on any atom is 0.329 e. The van der Waals surface area contributed by atoms with E-state index in [9.17, 15) is 4.79 Å². The van der Waals surface area contributed by atoms with Crippen LogP contribution < -0.4 is 4.74 Å². The van der Waals surface area contributed by atoms with Gasteiger partial charge < -0.3 is 9.84 Å². The largest absolute Gasteiger partial charge is 0.497 e. The van der Waals surface area contributed by atoms with Gasteiger partial charge in [-0.25, -0.2) is 4.79 Å². The minimum atomic E-state index is -0.878. The molecule has 6 heteroatoms.